The second-order valence-corrected chi connectivity index (χ2v) is 8.21. The van der Waals surface area contributed by atoms with Crippen LogP contribution >= 0.6 is 11.6 Å². The molecular weight excluding hydrogens is 412 g/mol. The van der Waals surface area contributed by atoms with Crippen molar-refractivity contribution in [3.8, 4) is 5.75 Å². The Kier molecular flexibility index (Phi) is 6.14. The Morgan fingerprint density at radius 3 is 2.58 bits per heavy atom. The van der Waals surface area contributed by atoms with Gasteiger partial charge in [-0.15, -0.1) is 11.6 Å². The molecule has 2 N–H and O–H groups in total. The van der Waals surface area contributed by atoms with E-state index in [2.05, 4.69) is 10.6 Å². The van der Waals surface area contributed by atoms with Crippen LogP contribution in [0.4, 0.5) is 0 Å². The highest BCUT2D eigenvalue weighted by Gasteiger charge is 2.32. The quantitative estimate of drug-likeness (QED) is 0.570. The first-order valence-electron chi connectivity index (χ1n) is 10.3. The van der Waals surface area contributed by atoms with Gasteiger partial charge in [-0.3, -0.25) is 9.59 Å². The fourth-order valence-electron chi connectivity index (χ4n) is 3.90. The van der Waals surface area contributed by atoms with Crippen molar-refractivity contribution in [3.63, 3.8) is 0 Å². The highest BCUT2D eigenvalue weighted by Crippen LogP contribution is 2.36. The van der Waals surface area contributed by atoms with Crippen LogP contribution in [0.5, 0.6) is 5.75 Å². The van der Waals surface area contributed by atoms with E-state index in [4.69, 9.17) is 16.3 Å². The second kappa shape index (κ2) is 8.98. The molecule has 0 saturated carbocycles. The number of aryl methyl sites for hydroxylation is 2. The summed E-state index contributed by atoms with van der Waals surface area (Å²) in [6, 6.07) is 17.7. The number of carbonyl (C=O) groups is 2. The summed E-state index contributed by atoms with van der Waals surface area (Å²) in [5.41, 5.74) is 4.09. The molecular formula is C25H25ClN2O3. The average Bonchev–Trinajstić information content (AvgIpc) is 3.18. The summed E-state index contributed by atoms with van der Waals surface area (Å²) >= 11 is 5.64. The molecule has 31 heavy (non-hydrogen) atoms. The van der Waals surface area contributed by atoms with Crippen LogP contribution in [0.15, 0.2) is 54.6 Å². The maximum atomic E-state index is 13.2. The lowest BCUT2D eigenvalue weighted by molar-refractivity contribution is -0.124. The summed E-state index contributed by atoms with van der Waals surface area (Å²) in [7, 11) is 0. The third-order valence-electron chi connectivity index (χ3n) is 5.84. The zero-order valence-electron chi connectivity index (χ0n) is 17.6. The Morgan fingerprint density at radius 2 is 1.81 bits per heavy atom. The van der Waals surface area contributed by atoms with E-state index >= 15 is 0 Å². The smallest absolute Gasteiger partial charge is 0.235 e. The molecule has 1 aliphatic rings. The van der Waals surface area contributed by atoms with E-state index in [1.54, 1.807) is 0 Å². The summed E-state index contributed by atoms with van der Waals surface area (Å²) in [5, 5.41) is 8.10. The number of fused-ring (bicyclic) bond motifs is 2. The lowest BCUT2D eigenvalue weighted by Crippen LogP contribution is -2.40. The monoisotopic (exact) mass is 436 g/mol. The Morgan fingerprint density at radius 1 is 1.06 bits per heavy atom. The SMILES string of the molecule is Cc1cc2c(cc1C)C(C(=O)NC(CNC(=O)CCl)c1ccc3ccccc3c1)CO2. The van der Waals surface area contributed by atoms with Gasteiger partial charge in [-0.1, -0.05) is 42.5 Å². The van der Waals surface area contributed by atoms with Gasteiger partial charge in [0.15, 0.2) is 0 Å². The molecule has 2 atom stereocenters. The van der Waals surface area contributed by atoms with Crippen LogP contribution < -0.4 is 15.4 Å². The number of rotatable bonds is 6. The zero-order valence-corrected chi connectivity index (χ0v) is 18.3. The molecule has 5 nitrogen and oxygen atoms in total. The normalized spacial score (nSPS) is 15.8. The van der Waals surface area contributed by atoms with Gasteiger partial charge in [0.1, 0.15) is 24.2 Å². The van der Waals surface area contributed by atoms with Crippen molar-refractivity contribution in [2.24, 2.45) is 0 Å². The molecule has 3 aromatic rings. The van der Waals surface area contributed by atoms with Crippen LogP contribution in [0.1, 0.15) is 34.2 Å². The summed E-state index contributed by atoms with van der Waals surface area (Å²) in [6.07, 6.45) is 0. The molecule has 0 aromatic heterocycles. The van der Waals surface area contributed by atoms with Gasteiger partial charge < -0.3 is 15.4 Å². The molecule has 2 amide bonds. The third kappa shape index (κ3) is 4.52. The minimum Gasteiger partial charge on any atom is -0.492 e. The summed E-state index contributed by atoms with van der Waals surface area (Å²) in [4.78, 5) is 25.0. The number of amides is 2. The molecule has 0 aliphatic carbocycles. The van der Waals surface area contributed by atoms with Crippen LogP contribution in [-0.4, -0.2) is 30.8 Å². The van der Waals surface area contributed by atoms with Crippen LogP contribution in [0, 0.1) is 13.8 Å². The fourth-order valence-corrected chi connectivity index (χ4v) is 4.00. The number of hydrogen-bond donors (Lipinski definition) is 2. The molecule has 0 spiro atoms. The maximum Gasteiger partial charge on any atom is 0.235 e. The minimum absolute atomic E-state index is 0.124. The molecule has 1 heterocycles. The van der Waals surface area contributed by atoms with Gasteiger partial charge in [0.05, 0.1) is 6.04 Å². The average molecular weight is 437 g/mol. The van der Waals surface area contributed by atoms with Crippen LogP contribution in [-0.2, 0) is 9.59 Å². The highest BCUT2D eigenvalue weighted by molar-refractivity contribution is 6.27. The van der Waals surface area contributed by atoms with E-state index in [9.17, 15) is 9.59 Å². The van der Waals surface area contributed by atoms with Gasteiger partial charge in [0.25, 0.3) is 0 Å². The molecule has 3 aromatic carbocycles. The van der Waals surface area contributed by atoms with E-state index in [0.717, 1.165) is 38.8 Å². The first kappa shape index (κ1) is 21.2. The summed E-state index contributed by atoms with van der Waals surface area (Å²) < 4.78 is 5.78. The van der Waals surface area contributed by atoms with Gasteiger partial charge in [-0.2, -0.15) is 0 Å². The number of halogens is 1. The minimum atomic E-state index is -0.389. The lowest BCUT2D eigenvalue weighted by Gasteiger charge is -2.22. The standard InChI is InChI=1S/C25H25ClN2O3/c1-15-9-20-21(14-31-23(20)10-16(15)2)25(30)28-22(13-27-24(29)12-26)19-8-7-17-5-3-4-6-18(17)11-19/h3-11,21-22H,12-14H2,1-2H3,(H,27,29)(H,28,30). The predicted octanol–water partition coefficient (Wildman–Crippen LogP) is 4.15. The van der Waals surface area contributed by atoms with E-state index in [0.29, 0.717) is 6.61 Å². The van der Waals surface area contributed by atoms with Gasteiger partial charge in [-0.25, -0.2) is 0 Å². The molecule has 6 heteroatoms. The van der Waals surface area contributed by atoms with E-state index in [1.165, 1.54) is 0 Å². The predicted molar refractivity (Wildman–Crippen MR) is 123 cm³/mol. The number of alkyl halides is 1. The molecule has 160 valence electrons. The van der Waals surface area contributed by atoms with Crippen molar-refractivity contribution in [1.82, 2.24) is 10.6 Å². The Balaban J connectivity index is 1.59. The van der Waals surface area contributed by atoms with Crippen molar-refractivity contribution in [1.29, 1.82) is 0 Å². The zero-order chi connectivity index (χ0) is 22.0. The van der Waals surface area contributed by atoms with E-state index < -0.39 is 0 Å². The van der Waals surface area contributed by atoms with E-state index in [1.807, 2.05) is 68.4 Å². The first-order valence-corrected chi connectivity index (χ1v) is 10.9. The molecule has 1 aliphatic heterocycles. The van der Waals surface area contributed by atoms with Crippen molar-refractivity contribution in [2.45, 2.75) is 25.8 Å². The van der Waals surface area contributed by atoms with Crippen LogP contribution in [0.2, 0.25) is 0 Å². The number of nitrogens with one attached hydrogen (secondary N) is 2. The van der Waals surface area contributed by atoms with Gasteiger partial charge >= 0.3 is 0 Å². The van der Waals surface area contributed by atoms with E-state index in [-0.39, 0.29) is 36.2 Å². The van der Waals surface area contributed by atoms with Crippen molar-refractivity contribution in [3.05, 3.63) is 76.9 Å². The summed E-state index contributed by atoms with van der Waals surface area (Å²) in [5.74, 6) is -0.148. The van der Waals surface area contributed by atoms with Crippen molar-refractivity contribution in [2.75, 3.05) is 19.0 Å². The lowest BCUT2D eigenvalue weighted by atomic mass is 9.95. The van der Waals surface area contributed by atoms with Crippen molar-refractivity contribution >= 4 is 34.2 Å². The topological polar surface area (TPSA) is 67.4 Å². The molecule has 0 fully saturated rings. The molecule has 0 radical (unpaired) electrons. The van der Waals surface area contributed by atoms with Crippen molar-refractivity contribution < 1.29 is 14.3 Å². The van der Waals surface area contributed by atoms with Gasteiger partial charge in [0.2, 0.25) is 11.8 Å². The van der Waals surface area contributed by atoms with Crippen LogP contribution in [0.3, 0.4) is 0 Å². The molecule has 0 saturated heterocycles. The maximum absolute atomic E-state index is 13.2. The molecule has 0 bridgehead atoms. The Hall–Kier alpha value is -3.05. The number of carbonyl (C=O) groups excluding carboxylic acids is 2. The van der Waals surface area contributed by atoms with Crippen LogP contribution in [0.25, 0.3) is 10.8 Å². The largest absolute Gasteiger partial charge is 0.492 e. The Bertz CT molecular complexity index is 1140. The number of ether oxygens (including phenoxy) is 1. The van der Waals surface area contributed by atoms with Gasteiger partial charge in [0, 0.05) is 12.1 Å². The molecule has 2 unspecified atom stereocenters. The summed E-state index contributed by atoms with van der Waals surface area (Å²) in [6.45, 7) is 4.62. The highest BCUT2D eigenvalue weighted by atomic mass is 35.5. The second-order valence-electron chi connectivity index (χ2n) is 7.94. The first-order chi connectivity index (χ1) is 15.0. The third-order valence-corrected chi connectivity index (χ3v) is 6.08. The molecule has 4 rings (SSSR count). The fraction of sp³-hybridized carbons (Fsp3) is 0.280. The number of hydrogen-bond acceptors (Lipinski definition) is 3. The Labute approximate surface area is 186 Å². The number of benzene rings is 3. The van der Waals surface area contributed by atoms with Gasteiger partial charge in [-0.05, 0) is 53.4 Å².